The summed E-state index contributed by atoms with van der Waals surface area (Å²) in [5.41, 5.74) is 0.338. The number of nitrogens with zero attached hydrogens (tertiary/aromatic N) is 1. The van der Waals surface area contributed by atoms with Crippen molar-refractivity contribution in [2.24, 2.45) is 0 Å². The van der Waals surface area contributed by atoms with E-state index in [1.807, 2.05) is 13.8 Å². The molecule has 0 aliphatic carbocycles. The van der Waals surface area contributed by atoms with Crippen molar-refractivity contribution in [3.05, 3.63) is 34.4 Å². The van der Waals surface area contributed by atoms with Gasteiger partial charge in [0.05, 0.1) is 4.92 Å². The molecule has 1 amide bonds. The van der Waals surface area contributed by atoms with Gasteiger partial charge >= 0.3 is 0 Å². The maximum atomic E-state index is 11.8. The molecule has 0 aliphatic rings. The molecule has 0 radical (unpaired) electrons. The lowest BCUT2D eigenvalue weighted by Crippen LogP contribution is -2.29. The first kappa shape index (κ1) is 14.1. The Bertz CT molecular complexity index is 434. The maximum Gasteiger partial charge on any atom is 0.271 e. The van der Waals surface area contributed by atoms with E-state index in [2.05, 4.69) is 5.32 Å². The highest BCUT2D eigenvalue weighted by molar-refractivity contribution is 5.94. The zero-order valence-corrected chi connectivity index (χ0v) is 10.4. The van der Waals surface area contributed by atoms with E-state index < -0.39 is 11.0 Å². The first-order valence-electron chi connectivity index (χ1n) is 5.75. The van der Waals surface area contributed by atoms with E-state index in [-0.39, 0.29) is 11.6 Å². The Morgan fingerprint density at radius 2 is 2.22 bits per heavy atom. The largest absolute Gasteiger partial charge is 0.369 e. The Morgan fingerprint density at radius 3 is 2.78 bits per heavy atom. The number of hydrogen-bond donors (Lipinski definition) is 1. The summed E-state index contributed by atoms with van der Waals surface area (Å²) in [4.78, 5) is 21.9. The second-order valence-electron chi connectivity index (χ2n) is 3.65. The van der Waals surface area contributed by atoms with Crippen LogP contribution in [0.1, 0.15) is 20.3 Å². The van der Waals surface area contributed by atoms with Crippen molar-refractivity contribution in [3.63, 3.8) is 0 Å². The van der Waals surface area contributed by atoms with E-state index in [1.165, 1.54) is 18.2 Å². The number of amides is 1. The van der Waals surface area contributed by atoms with E-state index in [0.717, 1.165) is 0 Å². The molecule has 18 heavy (non-hydrogen) atoms. The van der Waals surface area contributed by atoms with Gasteiger partial charge in [0.1, 0.15) is 6.10 Å². The summed E-state index contributed by atoms with van der Waals surface area (Å²) in [6.45, 7) is 4.09. The van der Waals surface area contributed by atoms with Crippen molar-refractivity contribution in [2.75, 3.05) is 11.9 Å². The lowest BCUT2D eigenvalue weighted by Gasteiger charge is -2.14. The maximum absolute atomic E-state index is 11.8. The van der Waals surface area contributed by atoms with Gasteiger partial charge in [0.15, 0.2) is 0 Å². The van der Waals surface area contributed by atoms with Crippen LogP contribution in [0.3, 0.4) is 0 Å². The lowest BCUT2D eigenvalue weighted by atomic mass is 10.2. The van der Waals surface area contributed by atoms with E-state index in [4.69, 9.17) is 4.74 Å². The molecule has 0 unspecified atom stereocenters. The molecule has 0 aromatic heterocycles. The molecule has 0 heterocycles. The third-order valence-corrected chi connectivity index (χ3v) is 2.36. The number of ether oxygens (including phenoxy) is 1. The molecular formula is C12H16N2O4. The van der Waals surface area contributed by atoms with Crippen LogP contribution in [0, 0.1) is 10.1 Å². The molecule has 6 heteroatoms. The number of benzene rings is 1. The Kier molecular flexibility index (Phi) is 5.26. The van der Waals surface area contributed by atoms with Crippen LogP contribution in [0.2, 0.25) is 0 Å². The third-order valence-electron chi connectivity index (χ3n) is 2.36. The molecule has 0 saturated carbocycles. The minimum atomic E-state index is -0.533. The molecule has 1 atom stereocenters. The number of carbonyl (C=O) groups excluding carboxylic acids is 1. The van der Waals surface area contributed by atoms with Gasteiger partial charge in [-0.25, -0.2) is 0 Å². The SMILES string of the molecule is CCO[C@@H](CC)C(=O)Nc1cccc([N+](=O)[O-])c1. The number of anilines is 1. The fourth-order valence-corrected chi connectivity index (χ4v) is 1.50. The molecule has 6 nitrogen and oxygen atoms in total. The number of nitro benzene ring substituents is 1. The Labute approximate surface area is 105 Å². The van der Waals surface area contributed by atoms with Crippen molar-refractivity contribution in [3.8, 4) is 0 Å². The second kappa shape index (κ2) is 6.70. The van der Waals surface area contributed by atoms with Crippen LogP contribution in [0.25, 0.3) is 0 Å². The summed E-state index contributed by atoms with van der Waals surface area (Å²) in [6, 6.07) is 5.81. The number of nitrogens with one attached hydrogen (secondary N) is 1. The van der Waals surface area contributed by atoms with Crippen molar-refractivity contribution in [2.45, 2.75) is 26.4 Å². The minimum Gasteiger partial charge on any atom is -0.369 e. The molecular weight excluding hydrogens is 236 g/mol. The molecule has 0 aliphatic heterocycles. The summed E-state index contributed by atoms with van der Waals surface area (Å²) >= 11 is 0. The third kappa shape index (κ3) is 3.81. The summed E-state index contributed by atoms with van der Waals surface area (Å²) in [7, 11) is 0. The molecule has 0 bridgehead atoms. The van der Waals surface area contributed by atoms with Gasteiger partial charge in [0.2, 0.25) is 0 Å². The van der Waals surface area contributed by atoms with Crippen LogP contribution in [-0.2, 0) is 9.53 Å². The van der Waals surface area contributed by atoms with Crippen molar-refractivity contribution in [1.29, 1.82) is 0 Å². The molecule has 0 saturated heterocycles. The van der Waals surface area contributed by atoms with Crippen molar-refractivity contribution >= 4 is 17.3 Å². The van der Waals surface area contributed by atoms with E-state index in [9.17, 15) is 14.9 Å². The topological polar surface area (TPSA) is 81.5 Å². The molecule has 1 N–H and O–H groups in total. The summed E-state index contributed by atoms with van der Waals surface area (Å²) in [5, 5.41) is 13.2. The first-order chi connectivity index (χ1) is 8.58. The van der Waals surface area contributed by atoms with Crippen LogP contribution < -0.4 is 5.32 Å². The molecule has 0 fully saturated rings. The fraction of sp³-hybridized carbons (Fsp3) is 0.417. The van der Waals surface area contributed by atoms with Crippen LogP contribution in [-0.4, -0.2) is 23.5 Å². The number of nitro groups is 1. The number of rotatable bonds is 6. The summed E-state index contributed by atoms with van der Waals surface area (Å²) in [5.74, 6) is -0.292. The van der Waals surface area contributed by atoms with Crippen molar-refractivity contribution < 1.29 is 14.5 Å². The summed E-state index contributed by atoms with van der Waals surface area (Å²) in [6.07, 6.45) is 0.0171. The smallest absolute Gasteiger partial charge is 0.271 e. The zero-order valence-electron chi connectivity index (χ0n) is 10.4. The van der Waals surface area contributed by atoms with Gasteiger partial charge in [-0.1, -0.05) is 13.0 Å². The van der Waals surface area contributed by atoms with Crippen LogP contribution >= 0.6 is 0 Å². The molecule has 0 spiro atoms. The van der Waals surface area contributed by atoms with Crippen molar-refractivity contribution in [1.82, 2.24) is 0 Å². The van der Waals surface area contributed by atoms with Gasteiger partial charge in [-0.3, -0.25) is 14.9 Å². The van der Waals surface area contributed by atoms with Gasteiger partial charge < -0.3 is 10.1 Å². The Balaban J connectivity index is 2.74. The highest BCUT2D eigenvalue weighted by atomic mass is 16.6. The lowest BCUT2D eigenvalue weighted by molar-refractivity contribution is -0.384. The highest BCUT2D eigenvalue weighted by Gasteiger charge is 2.17. The predicted octanol–water partition coefficient (Wildman–Crippen LogP) is 2.35. The Morgan fingerprint density at radius 1 is 1.50 bits per heavy atom. The monoisotopic (exact) mass is 252 g/mol. The van der Waals surface area contributed by atoms with E-state index in [1.54, 1.807) is 6.07 Å². The normalized spacial score (nSPS) is 11.9. The predicted molar refractivity (Wildman–Crippen MR) is 67.4 cm³/mol. The van der Waals surface area contributed by atoms with E-state index in [0.29, 0.717) is 18.7 Å². The number of non-ortho nitro benzene ring substituents is 1. The van der Waals surface area contributed by atoms with Gasteiger partial charge in [-0.05, 0) is 19.4 Å². The van der Waals surface area contributed by atoms with Gasteiger partial charge in [-0.2, -0.15) is 0 Å². The van der Waals surface area contributed by atoms with Crippen LogP contribution in [0.4, 0.5) is 11.4 Å². The van der Waals surface area contributed by atoms with E-state index >= 15 is 0 Å². The zero-order chi connectivity index (χ0) is 13.5. The number of hydrogen-bond acceptors (Lipinski definition) is 4. The van der Waals surface area contributed by atoms with Gasteiger partial charge in [0.25, 0.3) is 11.6 Å². The van der Waals surface area contributed by atoms with Gasteiger partial charge in [0, 0.05) is 24.4 Å². The number of carbonyl (C=O) groups is 1. The standard InChI is InChI=1S/C12H16N2O4/c1-3-11(18-4-2)12(15)13-9-6-5-7-10(8-9)14(16)17/h5-8,11H,3-4H2,1-2H3,(H,13,15)/t11-/m0/s1. The summed E-state index contributed by atoms with van der Waals surface area (Å²) < 4.78 is 5.26. The minimum absolute atomic E-state index is 0.0581. The van der Waals surface area contributed by atoms with Gasteiger partial charge in [-0.15, -0.1) is 0 Å². The first-order valence-corrected chi connectivity index (χ1v) is 5.75. The Hall–Kier alpha value is -1.95. The molecule has 1 rings (SSSR count). The average molecular weight is 252 g/mol. The molecule has 1 aromatic rings. The van der Waals surface area contributed by atoms with Crippen LogP contribution in [0.15, 0.2) is 24.3 Å². The molecule has 98 valence electrons. The average Bonchev–Trinajstić information content (AvgIpc) is 2.36. The quantitative estimate of drug-likeness (QED) is 0.622. The second-order valence-corrected chi connectivity index (χ2v) is 3.65. The fourth-order valence-electron chi connectivity index (χ4n) is 1.50. The molecule has 1 aromatic carbocycles. The van der Waals surface area contributed by atoms with Crippen LogP contribution in [0.5, 0.6) is 0 Å². The highest BCUT2D eigenvalue weighted by Crippen LogP contribution is 2.17.